The maximum Gasteiger partial charge on any atom is 0.309 e. The highest BCUT2D eigenvalue weighted by Crippen LogP contribution is 2.16. The highest BCUT2D eigenvalue weighted by Gasteiger charge is 2.11. The monoisotopic (exact) mass is 202 g/mol. The molecule has 0 bridgehead atoms. The van der Waals surface area contributed by atoms with Crippen molar-refractivity contribution in [2.45, 2.75) is 26.3 Å². The van der Waals surface area contributed by atoms with Crippen molar-refractivity contribution in [3.05, 3.63) is 16.9 Å². The fraction of sp³-hybridized carbons (Fsp3) is 0.500. The molecule has 0 unspecified atom stereocenters. The summed E-state index contributed by atoms with van der Waals surface area (Å²) in [6.07, 6.45) is 1.52. The van der Waals surface area contributed by atoms with Crippen molar-refractivity contribution in [1.29, 1.82) is 0 Å². The van der Waals surface area contributed by atoms with Crippen molar-refractivity contribution in [3.63, 3.8) is 0 Å². The van der Waals surface area contributed by atoms with Crippen molar-refractivity contribution >= 4 is 17.6 Å². The van der Waals surface area contributed by atoms with Crippen LogP contribution in [0.4, 0.5) is 0 Å². The van der Waals surface area contributed by atoms with E-state index in [-0.39, 0.29) is 12.5 Å². The van der Waals surface area contributed by atoms with Gasteiger partial charge in [0.25, 0.3) is 0 Å². The third kappa shape index (κ3) is 2.45. The van der Waals surface area contributed by atoms with Crippen molar-refractivity contribution in [2.24, 2.45) is 0 Å². The number of carboxylic acids is 1. The summed E-state index contributed by atoms with van der Waals surface area (Å²) in [5, 5.41) is 13.0. The number of hydrogen-bond acceptors (Lipinski definition) is 2. The Bertz CT molecular complexity index is 320. The van der Waals surface area contributed by atoms with Crippen LogP contribution in [-0.4, -0.2) is 20.9 Å². The molecule has 0 saturated heterocycles. The molecule has 0 spiro atoms. The van der Waals surface area contributed by atoms with Crippen LogP contribution in [0.1, 0.15) is 25.6 Å². The summed E-state index contributed by atoms with van der Waals surface area (Å²) < 4.78 is 1.65. The van der Waals surface area contributed by atoms with E-state index in [1.807, 2.05) is 13.8 Å². The molecule has 0 atom stereocenters. The molecule has 0 aliphatic heterocycles. The van der Waals surface area contributed by atoms with Crippen molar-refractivity contribution in [3.8, 4) is 0 Å². The minimum absolute atomic E-state index is 0.126. The van der Waals surface area contributed by atoms with Gasteiger partial charge in [-0.3, -0.25) is 9.48 Å². The number of carboxylic acid groups (broad SMARTS) is 1. The van der Waals surface area contributed by atoms with Crippen LogP contribution < -0.4 is 0 Å². The molecular weight excluding hydrogens is 192 g/mol. The van der Waals surface area contributed by atoms with Crippen molar-refractivity contribution in [2.75, 3.05) is 0 Å². The molecular formula is C8H11ClN2O2. The SMILES string of the molecule is CC(C)n1cc(Cl)c(CC(=O)O)n1. The average Bonchev–Trinajstić information content (AvgIpc) is 2.31. The minimum Gasteiger partial charge on any atom is -0.481 e. The van der Waals surface area contributed by atoms with Gasteiger partial charge in [-0.05, 0) is 13.8 Å². The number of carbonyl (C=O) groups is 1. The molecule has 4 nitrogen and oxygen atoms in total. The van der Waals surface area contributed by atoms with Crippen molar-refractivity contribution in [1.82, 2.24) is 9.78 Å². The lowest BCUT2D eigenvalue weighted by atomic mass is 10.3. The van der Waals surface area contributed by atoms with E-state index in [9.17, 15) is 4.79 Å². The van der Waals surface area contributed by atoms with Crippen LogP contribution in [-0.2, 0) is 11.2 Å². The topological polar surface area (TPSA) is 55.1 Å². The molecule has 0 saturated carbocycles. The van der Waals surface area contributed by atoms with Crippen LogP contribution in [0.2, 0.25) is 5.02 Å². The molecule has 5 heteroatoms. The predicted molar refractivity (Wildman–Crippen MR) is 49.0 cm³/mol. The number of rotatable bonds is 3. The average molecular weight is 203 g/mol. The van der Waals surface area contributed by atoms with Gasteiger partial charge in [-0.15, -0.1) is 0 Å². The molecule has 13 heavy (non-hydrogen) atoms. The molecule has 0 aliphatic rings. The van der Waals surface area contributed by atoms with Crippen molar-refractivity contribution < 1.29 is 9.90 Å². The third-order valence-electron chi connectivity index (χ3n) is 1.61. The standard InChI is InChI=1S/C8H11ClN2O2/c1-5(2)11-4-6(9)7(10-11)3-8(12)13/h4-5H,3H2,1-2H3,(H,12,13). The van der Waals surface area contributed by atoms with Gasteiger partial charge in [-0.1, -0.05) is 11.6 Å². The Kier molecular flexibility index (Phi) is 2.93. The van der Waals surface area contributed by atoms with Gasteiger partial charge in [0.2, 0.25) is 0 Å². The molecule has 1 rings (SSSR count). The van der Waals surface area contributed by atoms with E-state index >= 15 is 0 Å². The Morgan fingerprint density at radius 1 is 1.77 bits per heavy atom. The number of halogens is 1. The Morgan fingerprint density at radius 2 is 2.38 bits per heavy atom. The Balaban J connectivity index is 2.89. The van der Waals surface area contributed by atoms with Gasteiger partial charge in [0, 0.05) is 12.2 Å². The van der Waals surface area contributed by atoms with Crippen LogP contribution in [0.5, 0.6) is 0 Å². The number of nitrogens with zero attached hydrogens (tertiary/aromatic N) is 2. The van der Waals surface area contributed by atoms with E-state index < -0.39 is 5.97 Å². The second kappa shape index (κ2) is 3.79. The number of aliphatic carboxylic acids is 1. The Hall–Kier alpha value is -1.03. The number of aromatic nitrogens is 2. The molecule has 1 aromatic rings. The fourth-order valence-electron chi connectivity index (χ4n) is 0.934. The van der Waals surface area contributed by atoms with E-state index in [4.69, 9.17) is 16.7 Å². The first-order valence-corrected chi connectivity index (χ1v) is 4.34. The van der Waals surface area contributed by atoms with Gasteiger partial charge in [0.1, 0.15) is 0 Å². The first kappa shape index (κ1) is 10.1. The zero-order valence-corrected chi connectivity index (χ0v) is 8.25. The maximum atomic E-state index is 10.4. The normalized spacial score (nSPS) is 10.8. The molecule has 1 N–H and O–H groups in total. The highest BCUT2D eigenvalue weighted by atomic mass is 35.5. The zero-order chi connectivity index (χ0) is 10.0. The van der Waals surface area contributed by atoms with E-state index in [0.717, 1.165) is 0 Å². The van der Waals surface area contributed by atoms with Crippen LogP contribution in [0.15, 0.2) is 6.20 Å². The van der Waals surface area contributed by atoms with Gasteiger partial charge in [0.05, 0.1) is 17.1 Å². The lowest BCUT2D eigenvalue weighted by Gasteiger charge is -2.02. The smallest absolute Gasteiger partial charge is 0.309 e. The van der Waals surface area contributed by atoms with Crippen LogP contribution in [0, 0.1) is 0 Å². The fourth-order valence-corrected chi connectivity index (χ4v) is 1.14. The molecule has 0 aliphatic carbocycles. The quantitative estimate of drug-likeness (QED) is 0.813. The summed E-state index contributed by atoms with van der Waals surface area (Å²) in [6.45, 7) is 3.90. The minimum atomic E-state index is -0.920. The van der Waals surface area contributed by atoms with Gasteiger partial charge >= 0.3 is 5.97 Å². The van der Waals surface area contributed by atoms with E-state index in [0.29, 0.717) is 10.7 Å². The van der Waals surface area contributed by atoms with Gasteiger partial charge in [-0.25, -0.2) is 0 Å². The molecule has 0 fully saturated rings. The Labute approximate surface area is 81.1 Å². The second-order valence-corrected chi connectivity index (χ2v) is 3.48. The largest absolute Gasteiger partial charge is 0.481 e. The summed E-state index contributed by atoms with van der Waals surface area (Å²) in [4.78, 5) is 10.4. The van der Waals surface area contributed by atoms with E-state index in [1.165, 1.54) is 0 Å². The third-order valence-corrected chi connectivity index (χ3v) is 1.92. The molecule has 1 heterocycles. The Morgan fingerprint density at radius 3 is 2.77 bits per heavy atom. The zero-order valence-electron chi connectivity index (χ0n) is 7.49. The van der Waals surface area contributed by atoms with Gasteiger partial charge < -0.3 is 5.11 Å². The summed E-state index contributed by atoms with van der Waals surface area (Å²) in [5.74, 6) is -0.920. The summed E-state index contributed by atoms with van der Waals surface area (Å²) >= 11 is 5.79. The predicted octanol–water partition coefficient (Wildman–Crippen LogP) is 1.74. The first-order valence-electron chi connectivity index (χ1n) is 3.96. The summed E-state index contributed by atoms with van der Waals surface area (Å²) in [7, 11) is 0. The molecule has 0 aromatic carbocycles. The maximum absolute atomic E-state index is 10.4. The lowest BCUT2D eigenvalue weighted by molar-refractivity contribution is -0.136. The summed E-state index contributed by atoms with van der Waals surface area (Å²) in [5.41, 5.74) is 0.419. The molecule has 0 amide bonds. The molecule has 1 aromatic heterocycles. The lowest BCUT2D eigenvalue weighted by Crippen LogP contribution is -2.05. The van der Waals surface area contributed by atoms with E-state index in [1.54, 1.807) is 10.9 Å². The summed E-state index contributed by atoms with van der Waals surface area (Å²) in [6, 6.07) is 0.194. The van der Waals surface area contributed by atoms with Gasteiger partial charge in [-0.2, -0.15) is 5.10 Å². The highest BCUT2D eigenvalue weighted by molar-refractivity contribution is 6.31. The number of hydrogen-bond donors (Lipinski definition) is 1. The van der Waals surface area contributed by atoms with Crippen LogP contribution in [0.3, 0.4) is 0 Å². The molecule has 72 valence electrons. The second-order valence-electron chi connectivity index (χ2n) is 3.07. The van der Waals surface area contributed by atoms with Crippen LogP contribution >= 0.6 is 11.6 Å². The van der Waals surface area contributed by atoms with Gasteiger partial charge in [0.15, 0.2) is 0 Å². The molecule has 0 radical (unpaired) electrons. The first-order chi connectivity index (χ1) is 6.00. The van der Waals surface area contributed by atoms with Crippen LogP contribution in [0.25, 0.3) is 0 Å². The van der Waals surface area contributed by atoms with E-state index in [2.05, 4.69) is 5.10 Å².